The van der Waals surface area contributed by atoms with Crippen molar-refractivity contribution < 1.29 is 0 Å². The molecule has 0 amide bonds. The summed E-state index contributed by atoms with van der Waals surface area (Å²) in [6, 6.07) is 4.16. The maximum absolute atomic E-state index is 8.95. The van der Waals surface area contributed by atoms with Crippen LogP contribution < -0.4 is 5.32 Å². The molecule has 1 aromatic rings. The average molecular weight is 187 g/mol. The molecule has 72 valence electrons. The topological polar surface area (TPSA) is 48.7 Å². The first kappa shape index (κ1) is 9.01. The Labute approximate surface area is 83.8 Å². The van der Waals surface area contributed by atoms with E-state index in [0.29, 0.717) is 5.56 Å². The summed E-state index contributed by atoms with van der Waals surface area (Å²) in [4.78, 5) is 4.48. The molecule has 1 aromatic heterocycles. The van der Waals surface area contributed by atoms with Crippen molar-refractivity contribution in [3.8, 4) is 6.07 Å². The molecule has 0 aromatic carbocycles. The van der Waals surface area contributed by atoms with E-state index in [-0.39, 0.29) is 0 Å². The van der Waals surface area contributed by atoms with Crippen LogP contribution >= 0.6 is 0 Å². The molecule has 0 saturated carbocycles. The molecule has 0 aliphatic heterocycles. The third-order valence-electron chi connectivity index (χ3n) is 2.52. The van der Waals surface area contributed by atoms with E-state index in [1.165, 1.54) is 17.7 Å². The van der Waals surface area contributed by atoms with Crippen molar-refractivity contribution >= 4 is 5.82 Å². The van der Waals surface area contributed by atoms with E-state index in [0.717, 1.165) is 25.2 Å². The van der Waals surface area contributed by atoms with E-state index in [1.807, 2.05) is 13.0 Å². The van der Waals surface area contributed by atoms with Crippen molar-refractivity contribution in [1.82, 2.24) is 4.98 Å². The van der Waals surface area contributed by atoms with Gasteiger partial charge in [0.05, 0.1) is 5.56 Å². The minimum absolute atomic E-state index is 0.674. The maximum atomic E-state index is 8.95. The third kappa shape index (κ3) is 1.44. The van der Waals surface area contributed by atoms with Gasteiger partial charge in [-0.1, -0.05) is 0 Å². The largest absolute Gasteiger partial charge is 0.369 e. The van der Waals surface area contributed by atoms with Crippen molar-refractivity contribution in [2.45, 2.75) is 26.2 Å². The Morgan fingerprint density at radius 1 is 1.57 bits per heavy atom. The minimum Gasteiger partial charge on any atom is -0.369 e. The Balaban J connectivity index is 2.45. The lowest BCUT2D eigenvalue weighted by Gasteiger charge is -2.07. The molecule has 1 heterocycles. The smallest absolute Gasteiger partial charge is 0.144 e. The number of fused-ring (bicyclic) bond motifs is 1. The zero-order valence-corrected chi connectivity index (χ0v) is 8.30. The lowest BCUT2D eigenvalue weighted by molar-refractivity contribution is 0.899. The summed E-state index contributed by atoms with van der Waals surface area (Å²) in [6.07, 6.45) is 3.30. The molecule has 0 saturated heterocycles. The third-order valence-corrected chi connectivity index (χ3v) is 2.52. The predicted octanol–water partition coefficient (Wildman–Crippen LogP) is 1.87. The number of nitriles is 1. The lowest BCUT2D eigenvalue weighted by Crippen LogP contribution is -2.04. The molecule has 14 heavy (non-hydrogen) atoms. The van der Waals surface area contributed by atoms with E-state index in [2.05, 4.69) is 16.4 Å². The van der Waals surface area contributed by atoms with Crippen LogP contribution in [0.3, 0.4) is 0 Å². The van der Waals surface area contributed by atoms with Crippen LogP contribution in [0.15, 0.2) is 6.07 Å². The minimum atomic E-state index is 0.674. The fraction of sp³-hybridized carbons (Fsp3) is 0.455. The first-order valence-electron chi connectivity index (χ1n) is 5.02. The Morgan fingerprint density at radius 2 is 2.43 bits per heavy atom. The second kappa shape index (κ2) is 3.67. The van der Waals surface area contributed by atoms with Crippen LogP contribution in [0.5, 0.6) is 0 Å². The van der Waals surface area contributed by atoms with E-state index in [9.17, 15) is 0 Å². The fourth-order valence-electron chi connectivity index (χ4n) is 1.86. The van der Waals surface area contributed by atoms with Gasteiger partial charge in [-0.15, -0.1) is 0 Å². The van der Waals surface area contributed by atoms with E-state index < -0.39 is 0 Å². The second-order valence-electron chi connectivity index (χ2n) is 3.49. The van der Waals surface area contributed by atoms with Crippen molar-refractivity contribution in [3.63, 3.8) is 0 Å². The molecule has 0 fully saturated rings. The number of hydrogen-bond donors (Lipinski definition) is 1. The Kier molecular flexibility index (Phi) is 2.36. The second-order valence-corrected chi connectivity index (χ2v) is 3.49. The van der Waals surface area contributed by atoms with Gasteiger partial charge in [-0.2, -0.15) is 5.26 Å². The zero-order valence-electron chi connectivity index (χ0n) is 8.30. The van der Waals surface area contributed by atoms with Gasteiger partial charge in [0.15, 0.2) is 0 Å². The molecule has 1 aliphatic carbocycles. The van der Waals surface area contributed by atoms with Crippen LogP contribution in [-0.2, 0) is 12.8 Å². The number of pyridine rings is 1. The molecule has 2 rings (SSSR count). The Bertz CT molecular complexity index is 390. The molecular formula is C11H13N3. The summed E-state index contributed by atoms with van der Waals surface area (Å²) >= 11 is 0. The summed E-state index contributed by atoms with van der Waals surface area (Å²) in [7, 11) is 0. The summed E-state index contributed by atoms with van der Waals surface area (Å²) < 4.78 is 0. The molecule has 1 aliphatic rings. The Morgan fingerprint density at radius 3 is 3.14 bits per heavy atom. The molecule has 3 nitrogen and oxygen atoms in total. The fourth-order valence-corrected chi connectivity index (χ4v) is 1.86. The molecule has 0 radical (unpaired) electrons. The summed E-state index contributed by atoms with van der Waals surface area (Å²) in [5.41, 5.74) is 3.09. The van der Waals surface area contributed by atoms with Crippen LogP contribution in [0.1, 0.15) is 30.2 Å². The van der Waals surface area contributed by atoms with Crippen LogP contribution in [0, 0.1) is 11.3 Å². The SMILES string of the molecule is CCNc1nc2c(cc1C#N)CCC2. The average Bonchev–Trinajstić information content (AvgIpc) is 2.64. The molecule has 0 unspecified atom stereocenters. The first-order chi connectivity index (χ1) is 6.85. The number of rotatable bonds is 2. The number of aryl methyl sites for hydroxylation is 2. The number of nitrogens with zero attached hydrogens (tertiary/aromatic N) is 2. The van der Waals surface area contributed by atoms with E-state index in [1.54, 1.807) is 0 Å². The number of nitrogens with one attached hydrogen (secondary N) is 1. The molecule has 1 N–H and O–H groups in total. The van der Waals surface area contributed by atoms with Gasteiger partial charge in [-0.25, -0.2) is 4.98 Å². The van der Waals surface area contributed by atoms with Gasteiger partial charge in [0.1, 0.15) is 11.9 Å². The van der Waals surface area contributed by atoms with Gasteiger partial charge in [-0.3, -0.25) is 0 Å². The molecule has 0 spiro atoms. The highest BCUT2D eigenvalue weighted by Gasteiger charge is 2.15. The summed E-state index contributed by atoms with van der Waals surface area (Å²) in [5, 5.41) is 12.1. The molecular weight excluding hydrogens is 174 g/mol. The van der Waals surface area contributed by atoms with Crippen LogP contribution in [0.2, 0.25) is 0 Å². The number of hydrogen-bond acceptors (Lipinski definition) is 3. The standard InChI is InChI=1S/C11H13N3/c1-2-13-11-9(7-12)6-8-4-3-5-10(8)14-11/h6H,2-5H2,1H3,(H,13,14). The highest BCUT2D eigenvalue weighted by molar-refractivity contribution is 5.54. The number of anilines is 1. The maximum Gasteiger partial charge on any atom is 0.144 e. The zero-order chi connectivity index (χ0) is 9.97. The van der Waals surface area contributed by atoms with Gasteiger partial charge in [0.2, 0.25) is 0 Å². The molecule has 0 bridgehead atoms. The molecule has 3 heteroatoms. The quantitative estimate of drug-likeness (QED) is 0.769. The predicted molar refractivity (Wildman–Crippen MR) is 55.1 cm³/mol. The number of aromatic nitrogens is 1. The van der Waals surface area contributed by atoms with Gasteiger partial charge in [0, 0.05) is 12.2 Å². The van der Waals surface area contributed by atoms with Crippen molar-refractivity contribution in [1.29, 1.82) is 5.26 Å². The molecule has 0 atom stereocenters. The van der Waals surface area contributed by atoms with Crippen LogP contribution in [0.25, 0.3) is 0 Å². The highest BCUT2D eigenvalue weighted by Crippen LogP contribution is 2.24. The van der Waals surface area contributed by atoms with Gasteiger partial charge in [-0.05, 0) is 37.8 Å². The highest BCUT2D eigenvalue weighted by atomic mass is 15.0. The van der Waals surface area contributed by atoms with E-state index in [4.69, 9.17) is 5.26 Å². The monoisotopic (exact) mass is 187 g/mol. The van der Waals surface area contributed by atoms with Crippen molar-refractivity contribution in [2.75, 3.05) is 11.9 Å². The van der Waals surface area contributed by atoms with Crippen molar-refractivity contribution in [2.24, 2.45) is 0 Å². The van der Waals surface area contributed by atoms with E-state index >= 15 is 0 Å². The van der Waals surface area contributed by atoms with Crippen LogP contribution in [-0.4, -0.2) is 11.5 Å². The first-order valence-corrected chi connectivity index (χ1v) is 5.02. The van der Waals surface area contributed by atoms with Gasteiger partial charge >= 0.3 is 0 Å². The normalized spacial score (nSPS) is 13.4. The van der Waals surface area contributed by atoms with Crippen molar-refractivity contribution in [3.05, 3.63) is 22.9 Å². The summed E-state index contributed by atoms with van der Waals surface area (Å²) in [5.74, 6) is 0.746. The lowest BCUT2D eigenvalue weighted by atomic mass is 10.1. The van der Waals surface area contributed by atoms with Gasteiger partial charge in [0.25, 0.3) is 0 Å². The summed E-state index contributed by atoms with van der Waals surface area (Å²) in [6.45, 7) is 2.82. The van der Waals surface area contributed by atoms with Gasteiger partial charge < -0.3 is 5.32 Å². The Hall–Kier alpha value is -1.56. The van der Waals surface area contributed by atoms with Crippen LogP contribution in [0.4, 0.5) is 5.82 Å².